The van der Waals surface area contributed by atoms with Gasteiger partial charge in [0.2, 0.25) is 0 Å². The molecule has 0 aliphatic heterocycles. The fraction of sp³-hybridized carbons (Fsp3) is 0.562. The van der Waals surface area contributed by atoms with Gasteiger partial charge in [0.15, 0.2) is 17.4 Å². The summed E-state index contributed by atoms with van der Waals surface area (Å²) in [5.74, 6) is 1.70. The third-order valence-electron chi connectivity index (χ3n) is 4.52. The van der Waals surface area contributed by atoms with Crippen LogP contribution in [-0.2, 0) is 6.54 Å². The zero-order valence-electron chi connectivity index (χ0n) is 13.7. The normalized spacial score (nSPS) is 17.0. The van der Waals surface area contributed by atoms with E-state index in [1.807, 2.05) is 28.8 Å². The summed E-state index contributed by atoms with van der Waals surface area (Å²) in [6.07, 6.45) is 7.26. The second-order valence-electron chi connectivity index (χ2n) is 6.34. The van der Waals surface area contributed by atoms with Crippen molar-refractivity contribution in [2.45, 2.75) is 39.2 Å². The molecule has 2 aromatic heterocycles. The average molecular weight is 428 g/mol. The molecule has 2 aromatic rings. The number of guanidine groups is 1. The van der Waals surface area contributed by atoms with Crippen molar-refractivity contribution in [1.29, 1.82) is 0 Å². The lowest BCUT2D eigenvalue weighted by Crippen LogP contribution is -2.42. The first-order chi connectivity index (χ1) is 10.7. The molecule has 1 aliphatic carbocycles. The van der Waals surface area contributed by atoms with Gasteiger partial charge in [0.25, 0.3) is 0 Å². The van der Waals surface area contributed by atoms with Gasteiger partial charge in [-0.2, -0.15) is 0 Å². The molecule has 3 rings (SSSR count). The Labute approximate surface area is 154 Å². The molecule has 126 valence electrons. The predicted octanol–water partition coefficient (Wildman–Crippen LogP) is 2.59. The first-order valence-corrected chi connectivity index (χ1v) is 7.93. The third kappa shape index (κ3) is 4.33. The van der Waals surface area contributed by atoms with Crippen LogP contribution < -0.4 is 10.6 Å². The van der Waals surface area contributed by atoms with Crippen LogP contribution in [0.3, 0.4) is 0 Å². The topological polar surface area (TPSA) is 66.6 Å². The van der Waals surface area contributed by atoms with Gasteiger partial charge in [-0.1, -0.05) is 25.8 Å². The maximum Gasteiger partial charge on any atom is 0.191 e. The molecule has 23 heavy (non-hydrogen) atoms. The summed E-state index contributed by atoms with van der Waals surface area (Å²) in [6, 6.07) is 5.89. The van der Waals surface area contributed by atoms with Gasteiger partial charge in [-0.05, 0) is 30.4 Å². The Morgan fingerprint density at radius 2 is 2.04 bits per heavy atom. The highest BCUT2D eigenvalue weighted by Crippen LogP contribution is 2.36. The smallest absolute Gasteiger partial charge is 0.191 e. The van der Waals surface area contributed by atoms with Gasteiger partial charge in [-0.15, -0.1) is 34.2 Å². The highest BCUT2D eigenvalue weighted by molar-refractivity contribution is 14.0. The Morgan fingerprint density at radius 1 is 1.26 bits per heavy atom. The van der Waals surface area contributed by atoms with Crippen molar-refractivity contribution in [3.05, 3.63) is 30.2 Å². The van der Waals surface area contributed by atoms with Crippen LogP contribution in [-0.4, -0.2) is 34.2 Å². The fourth-order valence-electron chi connectivity index (χ4n) is 3.10. The van der Waals surface area contributed by atoms with Crippen molar-refractivity contribution in [2.75, 3.05) is 13.6 Å². The molecule has 0 saturated heterocycles. The quantitative estimate of drug-likeness (QED) is 0.447. The van der Waals surface area contributed by atoms with E-state index in [1.165, 1.54) is 25.7 Å². The molecular weight excluding hydrogens is 403 g/mol. The molecular formula is C16H25IN6. The van der Waals surface area contributed by atoms with Crippen LogP contribution in [0.2, 0.25) is 0 Å². The summed E-state index contributed by atoms with van der Waals surface area (Å²) < 4.78 is 1.98. The summed E-state index contributed by atoms with van der Waals surface area (Å²) in [7, 11) is 1.80. The zero-order valence-corrected chi connectivity index (χ0v) is 16.1. The summed E-state index contributed by atoms with van der Waals surface area (Å²) in [5.41, 5.74) is 1.26. The molecule has 0 atom stereocenters. The van der Waals surface area contributed by atoms with Gasteiger partial charge in [0.1, 0.15) is 0 Å². The lowest BCUT2D eigenvalue weighted by atomic mass is 9.89. The van der Waals surface area contributed by atoms with Crippen LogP contribution in [0.4, 0.5) is 0 Å². The Bertz CT molecular complexity index is 659. The minimum Gasteiger partial charge on any atom is -0.356 e. The number of fused-ring (bicyclic) bond motifs is 1. The lowest BCUT2D eigenvalue weighted by Gasteiger charge is -2.25. The SMILES string of the molecule is CN=C(NCc1nnc2ccccn12)NCC1(C)CCCC1.I. The maximum absolute atomic E-state index is 4.30. The molecule has 0 spiro atoms. The number of hydrogen-bond acceptors (Lipinski definition) is 3. The second-order valence-corrected chi connectivity index (χ2v) is 6.34. The largest absolute Gasteiger partial charge is 0.356 e. The first-order valence-electron chi connectivity index (χ1n) is 7.93. The molecule has 0 bridgehead atoms. The summed E-state index contributed by atoms with van der Waals surface area (Å²) in [5, 5.41) is 15.1. The fourth-order valence-corrected chi connectivity index (χ4v) is 3.10. The maximum atomic E-state index is 4.30. The van der Waals surface area contributed by atoms with Crippen molar-refractivity contribution in [2.24, 2.45) is 10.4 Å². The zero-order chi connectivity index (χ0) is 15.4. The van der Waals surface area contributed by atoms with E-state index < -0.39 is 0 Å². The first kappa shape index (κ1) is 18.0. The van der Waals surface area contributed by atoms with E-state index in [2.05, 4.69) is 32.7 Å². The number of rotatable bonds is 4. The highest BCUT2D eigenvalue weighted by Gasteiger charge is 2.28. The van der Waals surface area contributed by atoms with Gasteiger partial charge in [-0.25, -0.2) is 0 Å². The van der Waals surface area contributed by atoms with E-state index in [1.54, 1.807) is 7.05 Å². The molecule has 2 heterocycles. The van der Waals surface area contributed by atoms with E-state index in [-0.39, 0.29) is 24.0 Å². The molecule has 1 saturated carbocycles. The van der Waals surface area contributed by atoms with Gasteiger partial charge in [0, 0.05) is 19.8 Å². The molecule has 1 aliphatic rings. The average Bonchev–Trinajstić information content (AvgIpc) is 3.15. The van der Waals surface area contributed by atoms with E-state index in [0.717, 1.165) is 24.0 Å². The molecule has 0 aromatic carbocycles. The number of nitrogens with zero attached hydrogens (tertiary/aromatic N) is 4. The minimum atomic E-state index is 0. The second kappa shape index (κ2) is 7.94. The molecule has 1 fully saturated rings. The van der Waals surface area contributed by atoms with Gasteiger partial charge in [-0.3, -0.25) is 9.39 Å². The Kier molecular flexibility index (Phi) is 6.20. The monoisotopic (exact) mass is 428 g/mol. The standard InChI is InChI=1S/C16H24N6.HI/c1-16(8-4-5-9-16)12-19-15(17-2)18-11-14-21-20-13-7-3-6-10-22(13)14;/h3,6-7,10H,4-5,8-9,11-12H2,1-2H3,(H2,17,18,19);1H. The van der Waals surface area contributed by atoms with Crippen LogP contribution in [0.15, 0.2) is 29.4 Å². The van der Waals surface area contributed by atoms with Crippen LogP contribution in [0.1, 0.15) is 38.4 Å². The molecule has 0 radical (unpaired) electrons. The van der Waals surface area contributed by atoms with Crippen molar-refractivity contribution in [1.82, 2.24) is 25.2 Å². The number of aromatic nitrogens is 3. The van der Waals surface area contributed by atoms with Crippen LogP contribution in [0.25, 0.3) is 5.65 Å². The lowest BCUT2D eigenvalue weighted by molar-refractivity contribution is 0.334. The summed E-state index contributed by atoms with van der Waals surface area (Å²) in [4.78, 5) is 4.30. The van der Waals surface area contributed by atoms with E-state index >= 15 is 0 Å². The van der Waals surface area contributed by atoms with Gasteiger partial charge >= 0.3 is 0 Å². The number of hydrogen-bond donors (Lipinski definition) is 2. The molecule has 7 heteroatoms. The van der Waals surface area contributed by atoms with Crippen LogP contribution >= 0.6 is 24.0 Å². The predicted molar refractivity (Wildman–Crippen MR) is 103 cm³/mol. The van der Waals surface area contributed by atoms with Crippen molar-refractivity contribution >= 4 is 35.6 Å². The number of aliphatic imine (C=N–C) groups is 1. The third-order valence-corrected chi connectivity index (χ3v) is 4.52. The van der Waals surface area contributed by atoms with Gasteiger partial charge < -0.3 is 10.6 Å². The summed E-state index contributed by atoms with van der Waals surface area (Å²) >= 11 is 0. The molecule has 0 amide bonds. The minimum absolute atomic E-state index is 0. The van der Waals surface area contributed by atoms with Crippen LogP contribution in [0.5, 0.6) is 0 Å². The number of nitrogens with one attached hydrogen (secondary N) is 2. The Balaban J connectivity index is 0.00000192. The molecule has 6 nitrogen and oxygen atoms in total. The van der Waals surface area contributed by atoms with Crippen LogP contribution in [0, 0.1) is 5.41 Å². The van der Waals surface area contributed by atoms with E-state index in [4.69, 9.17) is 0 Å². The number of halogens is 1. The van der Waals surface area contributed by atoms with Gasteiger partial charge in [0.05, 0.1) is 6.54 Å². The highest BCUT2D eigenvalue weighted by atomic mass is 127. The van der Waals surface area contributed by atoms with E-state index in [0.29, 0.717) is 12.0 Å². The Morgan fingerprint density at radius 3 is 2.78 bits per heavy atom. The number of pyridine rings is 1. The molecule has 2 N–H and O–H groups in total. The molecule has 0 unspecified atom stereocenters. The Hall–Kier alpha value is -1.38. The van der Waals surface area contributed by atoms with Crippen molar-refractivity contribution in [3.63, 3.8) is 0 Å². The van der Waals surface area contributed by atoms with E-state index in [9.17, 15) is 0 Å². The summed E-state index contributed by atoms with van der Waals surface area (Å²) in [6.45, 7) is 3.92. The van der Waals surface area contributed by atoms with Crippen molar-refractivity contribution < 1.29 is 0 Å². The van der Waals surface area contributed by atoms with Crippen molar-refractivity contribution in [3.8, 4) is 0 Å².